The standard InChI is InChI=1S/C8H10BrN/c1-6(2)7-3-4-8(9)10-5-7/h3-6H,1-2H3/i1D3,2D3,3D,4D,5D,6D. The summed E-state index contributed by atoms with van der Waals surface area (Å²) in [6, 6.07) is -1.37. The first kappa shape index (κ1) is 1.86. The summed E-state index contributed by atoms with van der Waals surface area (Å²) in [5.41, 5.74) is -0.897. The normalized spacial score (nSPS) is 28.5. The molecule has 0 spiro atoms. The molecule has 1 aromatic rings. The molecule has 0 aliphatic heterocycles. The third-order valence-electron chi connectivity index (χ3n) is 0.807. The minimum atomic E-state index is -3.31. The third kappa shape index (κ3) is 1.81. The van der Waals surface area contributed by atoms with Gasteiger partial charge in [0.05, 0.1) is 4.11 Å². The molecule has 54 valence electrons. The molecule has 0 fully saturated rings. The lowest BCUT2D eigenvalue weighted by Gasteiger charge is -2.02. The fraction of sp³-hybridized carbons (Fsp3) is 0.375. The van der Waals surface area contributed by atoms with Gasteiger partial charge in [-0.3, -0.25) is 0 Å². The molecule has 0 radical (unpaired) electrons. The Morgan fingerprint density at radius 1 is 1.80 bits per heavy atom. The van der Waals surface area contributed by atoms with Crippen LogP contribution in [0.25, 0.3) is 0 Å². The van der Waals surface area contributed by atoms with Crippen molar-refractivity contribution in [1.82, 2.24) is 4.98 Å². The maximum atomic E-state index is 7.91. The summed E-state index contributed by atoms with van der Waals surface area (Å²) in [7, 11) is 0. The summed E-state index contributed by atoms with van der Waals surface area (Å²) in [4.78, 5) is 3.48. The van der Waals surface area contributed by atoms with Crippen LogP contribution in [0.3, 0.4) is 0 Å². The highest BCUT2D eigenvalue weighted by Crippen LogP contribution is 2.14. The summed E-state index contributed by atoms with van der Waals surface area (Å²) in [5.74, 6) is -3.20. The third-order valence-corrected chi connectivity index (χ3v) is 1.18. The summed E-state index contributed by atoms with van der Waals surface area (Å²) < 4.78 is 74.4. The first-order chi connectivity index (χ1) is 8.75. The summed E-state index contributed by atoms with van der Waals surface area (Å²) in [6.45, 7) is -6.63. The van der Waals surface area contributed by atoms with E-state index in [0.29, 0.717) is 0 Å². The molecule has 1 nitrogen and oxygen atoms in total. The first-order valence-corrected chi connectivity index (χ1v) is 3.18. The van der Waals surface area contributed by atoms with Crippen molar-refractivity contribution in [3.8, 4) is 0 Å². The Balaban J connectivity index is 3.83. The van der Waals surface area contributed by atoms with E-state index in [1.807, 2.05) is 0 Å². The van der Waals surface area contributed by atoms with Gasteiger partial charge in [-0.15, -0.1) is 0 Å². The Hall–Kier alpha value is -0.370. The van der Waals surface area contributed by atoms with Crippen molar-refractivity contribution in [2.45, 2.75) is 19.6 Å². The zero-order valence-electron chi connectivity index (χ0n) is 14.8. The Labute approximate surface area is 83.7 Å². The molecular formula is C8H10BrN. The van der Waals surface area contributed by atoms with Gasteiger partial charge >= 0.3 is 0 Å². The van der Waals surface area contributed by atoms with Crippen LogP contribution in [0.4, 0.5) is 0 Å². The fourth-order valence-electron chi connectivity index (χ4n) is 0.393. The van der Waals surface area contributed by atoms with Gasteiger partial charge < -0.3 is 0 Å². The lowest BCUT2D eigenvalue weighted by atomic mass is 10.1. The molecule has 1 aromatic heterocycles. The molecule has 0 atom stereocenters. The number of pyridine rings is 1. The van der Waals surface area contributed by atoms with Gasteiger partial charge in [0.2, 0.25) is 0 Å². The quantitative estimate of drug-likeness (QED) is 0.649. The van der Waals surface area contributed by atoms with Crippen LogP contribution in [0.2, 0.25) is 0 Å². The first-order valence-electron chi connectivity index (χ1n) is 7.39. The van der Waals surface area contributed by atoms with Gasteiger partial charge in [0.25, 0.3) is 0 Å². The van der Waals surface area contributed by atoms with E-state index in [2.05, 4.69) is 20.9 Å². The van der Waals surface area contributed by atoms with Gasteiger partial charge in [0, 0.05) is 15.8 Å². The predicted molar refractivity (Wildman–Crippen MR) is 46.0 cm³/mol. The molecule has 0 aromatic carbocycles. The molecule has 0 aliphatic rings. The van der Waals surface area contributed by atoms with E-state index in [1.54, 1.807) is 0 Å². The van der Waals surface area contributed by atoms with Gasteiger partial charge in [-0.05, 0) is 33.4 Å². The number of hydrogen-bond donors (Lipinski definition) is 0. The molecule has 2 heteroatoms. The lowest BCUT2D eigenvalue weighted by molar-refractivity contribution is 0.856. The second kappa shape index (κ2) is 3.15. The van der Waals surface area contributed by atoms with E-state index in [1.165, 1.54) is 0 Å². The molecule has 1 heterocycles. The highest BCUT2D eigenvalue weighted by molar-refractivity contribution is 9.10. The van der Waals surface area contributed by atoms with Crippen molar-refractivity contribution in [3.63, 3.8) is 0 Å². The van der Waals surface area contributed by atoms with Crippen LogP contribution in [-0.4, -0.2) is 4.98 Å². The van der Waals surface area contributed by atoms with Crippen molar-refractivity contribution in [2.24, 2.45) is 0 Å². The molecule has 0 saturated carbocycles. The van der Waals surface area contributed by atoms with E-state index < -0.39 is 43.4 Å². The zero-order valence-corrected chi connectivity index (χ0v) is 6.41. The largest absolute Gasteiger partial charge is 0.249 e. The molecular weight excluding hydrogens is 190 g/mol. The van der Waals surface area contributed by atoms with Gasteiger partial charge in [-0.25, -0.2) is 4.98 Å². The van der Waals surface area contributed by atoms with Crippen molar-refractivity contribution >= 4 is 15.9 Å². The number of aromatic nitrogens is 1. The molecule has 0 aliphatic carbocycles. The number of nitrogens with zero attached hydrogens (tertiary/aromatic N) is 1. The predicted octanol–water partition coefficient (Wildman–Crippen LogP) is 2.97. The van der Waals surface area contributed by atoms with E-state index in [9.17, 15) is 0 Å². The van der Waals surface area contributed by atoms with Crippen LogP contribution in [-0.2, 0) is 0 Å². The van der Waals surface area contributed by atoms with Crippen LogP contribution < -0.4 is 0 Å². The SMILES string of the molecule is [2H]c1nc(Br)c([2H])c([2H])c1C([2H])(C([2H])([2H])[2H])C([2H])([2H])[2H]. The van der Waals surface area contributed by atoms with E-state index in [-0.39, 0.29) is 4.60 Å². The van der Waals surface area contributed by atoms with Crippen molar-refractivity contribution in [2.75, 3.05) is 0 Å². The Morgan fingerprint density at radius 2 is 2.60 bits per heavy atom. The molecule has 10 heavy (non-hydrogen) atoms. The molecule has 1 rings (SSSR count). The molecule has 0 N–H and O–H groups in total. The van der Waals surface area contributed by atoms with Crippen molar-refractivity contribution in [3.05, 3.63) is 28.4 Å². The van der Waals surface area contributed by atoms with Crippen LogP contribution >= 0.6 is 15.9 Å². The fourth-order valence-corrected chi connectivity index (χ4v) is 0.581. The van der Waals surface area contributed by atoms with Crippen LogP contribution in [0.5, 0.6) is 0 Å². The summed E-state index contributed by atoms with van der Waals surface area (Å²) in [6.07, 6.45) is -0.819. The lowest BCUT2D eigenvalue weighted by Crippen LogP contribution is -1.87. The van der Waals surface area contributed by atoms with E-state index in [4.69, 9.17) is 13.7 Å². The number of rotatable bonds is 1. The zero-order chi connectivity index (χ0) is 16.1. The Morgan fingerprint density at radius 3 is 3.30 bits per heavy atom. The molecule has 0 bridgehead atoms. The average Bonchev–Trinajstić information content (AvgIpc) is 2.22. The number of hydrogen-bond acceptors (Lipinski definition) is 1. The maximum Gasteiger partial charge on any atom is 0.106 e. The Bertz CT molecular complexity index is 520. The topological polar surface area (TPSA) is 12.9 Å². The molecule has 0 saturated heterocycles. The van der Waals surface area contributed by atoms with Crippen molar-refractivity contribution < 1.29 is 13.7 Å². The van der Waals surface area contributed by atoms with Gasteiger partial charge in [-0.1, -0.05) is 19.7 Å². The van der Waals surface area contributed by atoms with Crippen LogP contribution in [0, 0.1) is 0 Å². The van der Waals surface area contributed by atoms with Crippen LogP contribution in [0.15, 0.2) is 22.9 Å². The van der Waals surface area contributed by atoms with Gasteiger partial charge in [0.1, 0.15) is 4.60 Å². The number of halogens is 1. The second-order valence-electron chi connectivity index (χ2n) is 1.51. The molecule has 0 unspecified atom stereocenters. The molecule has 0 amide bonds. The minimum absolute atomic E-state index is 0.185. The van der Waals surface area contributed by atoms with Crippen LogP contribution in [0.1, 0.15) is 38.9 Å². The Kier molecular flexibility index (Phi) is 0.586. The second-order valence-corrected chi connectivity index (χ2v) is 2.27. The summed E-state index contributed by atoms with van der Waals surface area (Å²) in [5, 5.41) is 0. The minimum Gasteiger partial charge on any atom is -0.249 e. The maximum absolute atomic E-state index is 7.91. The van der Waals surface area contributed by atoms with Gasteiger partial charge in [0.15, 0.2) is 0 Å². The van der Waals surface area contributed by atoms with Gasteiger partial charge in [-0.2, -0.15) is 0 Å². The van der Waals surface area contributed by atoms with E-state index in [0.717, 1.165) is 0 Å². The highest BCUT2D eigenvalue weighted by Gasteiger charge is 1.96. The average molecular weight is 210 g/mol. The van der Waals surface area contributed by atoms with E-state index >= 15 is 0 Å². The smallest absolute Gasteiger partial charge is 0.106 e. The van der Waals surface area contributed by atoms with Crippen molar-refractivity contribution in [1.29, 1.82) is 0 Å². The highest BCUT2D eigenvalue weighted by atomic mass is 79.9. The monoisotopic (exact) mass is 209 g/mol. The summed E-state index contributed by atoms with van der Waals surface area (Å²) >= 11 is 2.82.